The molecule has 1 N–H and O–H groups in total. The first kappa shape index (κ1) is 9.69. The lowest BCUT2D eigenvalue weighted by atomic mass is 10.1. The van der Waals surface area contributed by atoms with Crippen molar-refractivity contribution in [3.05, 3.63) is 36.5 Å². The summed E-state index contributed by atoms with van der Waals surface area (Å²) in [5, 5.41) is 2.52. The average Bonchev–Trinajstić information content (AvgIpc) is 1.98. The predicted octanol–water partition coefficient (Wildman–Crippen LogP) is 1.42. The van der Waals surface area contributed by atoms with E-state index in [-0.39, 0.29) is 5.91 Å². The van der Waals surface area contributed by atoms with Crippen molar-refractivity contribution in [1.82, 2.24) is 5.32 Å². The van der Waals surface area contributed by atoms with Crippen molar-refractivity contribution >= 4 is 5.91 Å². The number of carbonyl (C=O) groups is 1. The Balaban J connectivity index is 4.61. The fourth-order valence-electron chi connectivity index (χ4n) is 0.664. The molecule has 11 heavy (non-hydrogen) atoms. The Morgan fingerprint density at radius 3 is 2.36 bits per heavy atom. The van der Waals surface area contributed by atoms with Gasteiger partial charge in [-0.2, -0.15) is 0 Å². The molecule has 0 rings (SSSR count). The number of hydrogen-bond donors (Lipinski definition) is 1. The van der Waals surface area contributed by atoms with E-state index >= 15 is 0 Å². The molecule has 0 fully saturated rings. The van der Waals surface area contributed by atoms with Gasteiger partial charge in [0, 0.05) is 12.6 Å². The maximum Gasteiger partial charge on any atom is 0.251 e. The molecule has 2 nitrogen and oxygen atoms in total. The summed E-state index contributed by atoms with van der Waals surface area (Å²) >= 11 is 0. The number of allylic oxidation sites excluding steroid dienone is 2. The van der Waals surface area contributed by atoms with E-state index in [1.54, 1.807) is 26.1 Å². The predicted molar refractivity (Wildman–Crippen MR) is 47.2 cm³/mol. The van der Waals surface area contributed by atoms with Crippen LogP contribution in [-0.2, 0) is 4.79 Å². The highest BCUT2D eigenvalue weighted by molar-refractivity contribution is 5.97. The number of amides is 1. The van der Waals surface area contributed by atoms with Crippen LogP contribution in [0.25, 0.3) is 0 Å². The van der Waals surface area contributed by atoms with Crippen molar-refractivity contribution in [3.8, 4) is 0 Å². The summed E-state index contributed by atoms with van der Waals surface area (Å²) in [5.74, 6) is -0.127. The van der Waals surface area contributed by atoms with Crippen LogP contribution >= 0.6 is 0 Å². The van der Waals surface area contributed by atoms with E-state index < -0.39 is 0 Å². The quantitative estimate of drug-likeness (QED) is 0.479. The number of carbonyl (C=O) groups excluding carboxylic acids is 1. The van der Waals surface area contributed by atoms with E-state index in [2.05, 4.69) is 18.5 Å². The summed E-state index contributed by atoms with van der Waals surface area (Å²) in [6.45, 7) is 8.95. The molecule has 0 aliphatic heterocycles. The fraction of sp³-hybridized carbons (Fsp3) is 0.222. The molecule has 0 aromatic rings. The van der Waals surface area contributed by atoms with Crippen LogP contribution in [0.4, 0.5) is 0 Å². The first-order valence-corrected chi connectivity index (χ1v) is 3.34. The van der Waals surface area contributed by atoms with Crippen LogP contribution in [0, 0.1) is 0 Å². The minimum Gasteiger partial charge on any atom is -0.355 e. The van der Waals surface area contributed by atoms with Gasteiger partial charge in [0.05, 0.1) is 0 Å². The second-order valence-corrected chi connectivity index (χ2v) is 2.18. The molecule has 0 unspecified atom stereocenters. The first-order chi connectivity index (χ1) is 5.13. The Morgan fingerprint density at radius 2 is 2.09 bits per heavy atom. The van der Waals surface area contributed by atoms with E-state index in [0.29, 0.717) is 5.57 Å². The lowest BCUT2D eigenvalue weighted by Crippen LogP contribution is -2.20. The van der Waals surface area contributed by atoms with E-state index in [1.165, 1.54) is 0 Å². The standard InChI is InChI=1S/C9H13NO/c1-5-6-8(7(2)3)9(11)10-4/h5-6H,1-2H2,3-4H3,(H,10,11)/b8-6+. The molecule has 0 aromatic heterocycles. The highest BCUT2D eigenvalue weighted by atomic mass is 16.1. The van der Waals surface area contributed by atoms with Gasteiger partial charge in [-0.05, 0) is 18.6 Å². The van der Waals surface area contributed by atoms with Gasteiger partial charge in [0.15, 0.2) is 0 Å². The molecular weight excluding hydrogens is 138 g/mol. The zero-order valence-electron chi connectivity index (χ0n) is 6.98. The number of likely N-dealkylation sites (N-methyl/N-ethyl adjacent to an activating group) is 1. The van der Waals surface area contributed by atoms with Gasteiger partial charge in [-0.3, -0.25) is 4.79 Å². The van der Waals surface area contributed by atoms with Crippen molar-refractivity contribution in [2.45, 2.75) is 6.92 Å². The lowest BCUT2D eigenvalue weighted by Gasteiger charge is -2.02. The molecule has 2 heteroatoms. The molecule has 0 aliphatic rings. The van der Waals surface area contributed by atoms with Crippen LogP contribution in [0.2, 0.25) is 0 Å². The summed E-state index contributed by atoms with van der Waals surface area (Å²) < 4.78 is 0. The molecule has 0 bridgehead atoms. The smallest absolute Gasteiger partial charge is 0.251 e. The van der Waals surface area contributed by atoms with Gasteiger partial charge in [0.25, 0.3) is 5.91 Å². The minimum absolute atomic E-state index is 0.127. The Kier molecular flexibility index (Phi) is 3.96. The van der Waals surface area contributed by atoms with Gasteiger partial charge in [-0.25, -0.2) is 0 Å². The summed E-state index contributed by atoms with van der Waals surface area (Å²) in [7, 11) is 1.59. The molecule has 0 saturated carbocycles. The summed E-state index contributed by atoms with van der Waals surface area (Å²) in [6, 6.07) is 0. The van der Waals surface area contributed by atoms with Crippen LogP contribution < -0.4 is 5.32 Å². The Hall–Kier alpha value is -1.31. The van der Waals surface area contributed by atoms with Crippen molar-refractivity contribution in [3.63, 3.8) is 0 Å². The Morgan fingerprint density at radius 1 is 1.55 bits per heavy atom. The number of nitrogens with one attached hydrogen (secondary N) is 1. The third kappa shape index (κ3) is 2.85. The molecule has 0 heterocycles. The van der Waals surface area contributed by atoms with Gasteiger partial charge in [0.1, 0.15) is 0 Å². The van der Waals surface area contributed by atoms with Crippen molar-refractivity contribution in [2.24, 2.45) is 0 Å². The van der Waals surface area contributed by atoms with E-state index in [9.17, 15) is 4.79 Å². The largest absolute Gasteiger partial charge is 0.355 e. The van der Waals surface area contributed by atoms with Gasteiger partial charge >= 0.3 is 0 Å². The summed E-state index contributed by atoms with van der Waals surface area (Å²) in [5.41, 5.74) is 1.31. The first-order valence-electron chi connectivity index (χ1n) is 3.34. The summed E-state index contributed by atoms with van der Waals surface area (Å²) in [6.07, 6.45) is 3.21. The monoisotopic (exact) mass is 151 g/mol. The zero-order valence-corrected chi connectivity index (χ0v) is 6.98. The molecule has 60 valence electrons. The second-order valence-electron chi connectivity index (χ2n) is 2.18. The van der Waals surface area contributed by atoms with Crippen molar-refractivity contribution < 1.29 is 4.79 Å². The van der Waals surface area contributed by atoms with Crippen molar-refractivity contribution in [1.29, 1.82) is 0 Å². The van der Waals surface area contributed by atoms with Crippen LogP contribution in [0.1, 0.15) is 6.92 Å². The molecule has 0 aromatic carbocycles. The Labute approximate surface area is 67.3 Å². The van der Waals surface area contributed by atoms with Gasteiger partial charge in [0.2, 0.25) is 0 Å². The van der Waals surface area contributed by atoms with Crippen LogP contribution in [0.5, 0.6) is 0 Å². The molecule has 0 aliphatic carbocycles. The molecule has 0 spiro atoms. The highest BCUT2D eigenvalue weighted by Crippen LogP contribution is 2.05. The van der Waals surface area contributed by atoms with Crippen LogP contribution in [-0.4, -0.2) is 13.0 Å². The number of hydrogen-bond acceptors (Lipinski definition) is 1. The van der Waals surface area contributed by atoms with E-state index in [0.717, 1.165) is 5.57 Å². The second kappa shape index (κ2) is 4.50. The maximum absolute atomic E-state index is 11.1. The summed E-state index contributed by atoms with van der Waals surface area (Å²) in [4.78, 5) is 11.1. The SMILES string of the molecule is C=C/C=C(\C(=C)C)C(=O)NC. The van der Waals surface area contributed by atoms with Crippen molar-refractivity contribution in [2.75, 3.05) is 7.05 Å². The third-order valence-electron chi connectivity index (χ3n) is 1.22. The maximum atomic E-state index is 11.1. The van der Waals surface area contributed by atoms with Crippen LogP contribution in [0.15, 0.2) is 36.5 Å². The van der Waals surface area contributed by atoms with Gasteiger partial charge in [-0.1, -0.05) is 19.2 Å². The van der Waals surface area contributed by atoms with Gasteiger partial charge < -0.3 is 5.32 Å². The molecule has 0 saturated heterocycles. The molecule has 0 atom stereocenters. The zero-order chi connectivity index (χ0) is 8.85. The minimum atomic E-state index is -0.127. The molecular formula is C9H13NO. The molecule has 1 amide bonds. The fourth-order valence-corrected chi connectivity index (χ4v) is 0.664. The molecule has 0 radical (unpaired) electrons. The highest BCUT2D eigenvalue weighted by Gasteiger charge is 2.05. The normalized spacial score (nSPS) is 10.5. The van der Waals surface area contributed by atoms with E-state index in [4.69, 9.17) is 0 Å². The van der Waals surface area contributed by atoms with Crippen LogP contribution in [0.3, 0.4) is 0 Å². The topological polar surface area (TPSA) is 29.1 Å². The third-order valence-corrected chi connectivity index (χ3v) is 1.22. The number of rotatable bonds is 3. The van der Waals surface area contributed by atoms with E-state index in [1.807, 2.05) is 0 Å². The average molecular weight is 151 g/mol. The lowest BCUT2D eigenvalue weighted by molar-refractivity contribution is -0.116. The Bertz CT molecular complexity index is 214. The van der Waals surface area contributed by atoms with Gasteiger partial charge in [-0.15, -0.1) is 0 Å².